The normalized spacial score (nSPS) is 12.9. The van der Waals surface area contributed by atoms with Crippen LogP contribution < -0.4 is 0 Å². The van der Waals surface area contributed by atoms with Gasteiger partial charge in [-0.2, -0.15) is 0 Å². The third-order valence-electron chi connectivity index (χ3n) is 11.2. The molecule has 0 aliphatic heterocycles. The molecule has 0 fully saturated rings. The second kappa shape index (κ2) is 54.7. The molecule has 0 amide bonds. The second-order valence-electron chi connectivity index (χ2n) is 17.7. The standard InChI is InChI=1S/C61H100O6/c1-4-7-10-13-16-19-22-25-28-30-33-36-39-42-45-48-51-54-60(63)66-57-58(56-65-59(62)53-50-47-44-41-38-35-32-27-24-21-18-15-12-9-6-3)67-61(64)55-52-49-46-43-40-37-34-31-29-26-23-20-17-14-11-8-5-2/h7,10,16-21,25-29,32-33,36,42,45,58H,4-6,8-9,11-15,22-24,30-31,34-35,37-41,43-44,46-57H2,1-3H3/b10-7-,19-16-,20-17-,21-18-,28-25-,29-26-,32-27-,36-33-,45-42-/t58-/m1/s1. The fraction of sp³-hybridized carbons (Fsp3) is 0.656. The maximum absolute atomic E-state index is 12.8. The average molecular weight is 929 g/mol. The number of unbranched alkanes of at least 4 members (excludes halogenated alkanes) is 19. The van der Waals surface area contributed by atoms with Crippen LogP contribution >= 0.6 is 0 Å². The van der Waals surface area contributed by atoms with E-state index in [9.17, 15) is 14.4 Å². The van der Waals surface area contributed by atoms with Gasteiger partial charge in [0.15, 0.2) is 6.10 Å². The van der Waals surface area contributed by atoms with Gasteiger partial charge in [-0.15, -0.1) is 0 Å². The monoisotopic (exact) mass is 929 g/mol. The summed E-state index contributed by atoms with van der Waals surface area (Å²) >= 11 is 0. The zero-order valence-corrected chi connectivity index (χ0v) is 43.4. The lowest BCUT2D eigenvalue weighted by molar-refractivity contribution is -0.167. The van der Waals surface area contributed by atoms with Crippen LogP contribution in [0.3, 0.4) is 0 Å². The van der Waals surface area contributed by atoms with E-state index in [1.807, 2.05) is 0 Å². The topological polar surface area (TPSA) is 78.9 Å². The zero-order valence-electron chi connectivity index (χ0n) is 43.4. The first-order valence-corrected chi connectivity index (χ1v) is 27.4. The Kier molecular flexibility index (Phi) is 51.5. The maximum atomic E-state index is 12.8. The Balaban J connectivity index is 4.53. The molecule has 1 atom stereocenters. The molecule has 0 heterocycles. The minimum atomic E-state index is -0.813. The van der Waals surface area contributed by atoms with Gasteiger partial charge in [-0.25, -0.2) is 0 Å². The average Bonchev–Trinajstić information content (AvgIpc) is 3.33. The number of esters is 3. The van der Waals surface area contributed by atoms with Gasteiger partial charge < -0.3 is 14.2 Å². The summed E-state index contributed by atoms with van der Waals surface area (Å²) in [7, 11) is 0. The summed E-state index contributed by atoms with van der Waals surface area (Å²) in [4.78, 5) is 38.1. The zero-order chi connectivity index (χ0) is 48.6. The van der Waals surface area contributed by atoms with Gasteiger partial charge in [-0.3, -0.25) is 14.4 Å². The fourth-order valence-electron chi connectivity index (χ4n) is 7.13. The summed E-state index contributed by atoms with van der Waals surface area (Å²) in [5, 5.41) is 0. The van der Waals surface area contributed by atoms with E-state index in [0.29, 0.717) is 19.3 Å². The molecule has 6 nitrogen and oxygen atoms in total. The minimum absolute atomic E-state index is 0.108. The quantitative estimate of drug-likeness (QED) is 0.0262. The van der Waals surface area contributed by atoms with Crippen LogP contribution in [0.25, 0.3) is 0 Å². The van der Waals surface area contributed by atoms with Crippen molar-refractivity contribution < 1.29 is 28.6 Å². The lowest BCUT2D eigenvalue weighted by Crippen LogP contribution is -2.30. The van der Waals surface area contributed by atoms with Gasteiger partial charge >= 0.3 is 17.9 Å². The molecule has 0 bridgehead atoms. The van der Waals surface area contributed by atoms with Crippen molar-refractivity contribution in [3.05, 3.63) is 109 Å². The van der Waals surface area contributed by atoms with E-state index in [-0.39, 0.29) is 37.5 Å². The molecule has 0 aromatic heterocycles. The lowest BCUT2D eigenvalue weighted by atomic mass is 10.1. The molecule has 0 aliphatic rings. The molecule has 0 saturated heterocycles. The molecule has 0 radical (unpaired) electrons. The Bertz CT molecular complexity index is 1390. The minimum Gasteiger partial charge on any atom is -0.462 e. The van der Waals surface area contributed by atoms with Crippen LogP contribution in [0.1, 0.15) is 239 Å². The third-order valence-corrected chi connectivity index (χ3v) is 11.2. The highest BCUT2D eigenvalue weighted by Crippen LogP contribution is 2.13. The molecule has 0 aromatic rings. The Morgan fingerprint density at radius 3 is 0.970 bits per heavy atom. The number of rotatable bonds is 48. The highest BCUT2D eigenvalue weighted by Gasteiger charge is 2.19. The van der Waals surface area contributed by atoms with Crippen LogP contribution in [0.5, 0.6) is 0 Å². The van der Waals surface area contributed by atoms with Crippen LogP contribution in [0, 0.1) is 0 Å². The molecule has 6 heteroatoms. The molecule has 0 unspecified atom stereocenters. The molecule has 0 rings (SSSR count). The summed E-state index contributed by atoms with van der Waals surface area (Å²) in [6.45, 7) is 6.40. The Hall–Kier alpha value is -3.93. The maximum Gasteiger partial charge on any atom is 0.306 e. The van der Waals surface area contributed by atoms with Crippen molar-refractivity contribution in [1.29, 1.82) is 0 Å². The summed E-state index contributed by atoms with van der Waals surface area (Å²) in [6, 6.07) is 0. The Morgan fingerprint density at radius 1 is 0.313 bits per heavy atom. The lowest BCUT2D eigenvalue weighted by Gasteiger charge is -2.18. The summed E-state index contributed by atoms with van der Waals surface area (Å²) < 4.78 is 16.8. The predicted octanol–water partition coefficient (Wildman–Crippen LogP) is 18.3. The fourth-order valence-corrected chi connectivity index (χ4v) is 7.13. The van der Waals surface area contributed by atoms with E-state index in [1.165, 1.54) is 77.0 Å². The van der Waals surface area contributed by atoms with Crippen LogP contribution in [0.2, 0.25) is 0 Å². The predicted molar refractivity (Wildman–Crippen MR) is 288 cm³/mol. The van der Waals surface area contributed by atoms with Gasteiger partial charge in [-0.05, 0) is 122 Å². The van der Waals surface area contributed by atoms with Gasteiger partial charge in [0.05, 0.1) is 0 Å². The highest BCUT2D eigenvalue weighted by atomic mass is 16.6. The van der Waals surface area contributed by atoms with Crippen LogP contribution in [-0.2, 0) is 28.6 Å². The van der Waals surface area contributed by atoms with E-state index in [2.05, 4.69) is 130 Å². The third kappa shape index (κ3) is 52.9. The first-order chi connectivity index (χ1) is 33.0. The smallest absolute Gasteiger partial charge is 0.306 e. The SMILES string of the molecule is CC/C=C\C/C=C\C/C=C\C/C=C\C/C=C\CCCC(=O)OC[C@@H](COC(=O)CCCCCCC/C=C\C/C=C\CCCCC)OC(=O)CCCCCCCCC/C=C\C/C=C\CCCCC. The van der Waals surface area contributed by atoms with E-state index >= 15 is 0 Å². The number of hydrogen-bond acceptors (Lipinski definition) is 6. The molecule has 67 heavy (non-hydrogen) atoms. The number of carbonyl (C=O) groups excluding carboxylic acids is 3. The van der Waals surface area contributed by atoms with Gasteiger partial charge in [0, 0.05) is 19.3 Å². The number of hydrogen-bond donors (Lipinski definition) is 0. The van der Waals surface area contributed by atoms with Gasteiger partial charge in [0.1, 0.15) is 13.2 Å². The van der Waals surface area contributed by atoms with E-state index in [1.54, 1.807) is 0 Å². The van der Waals surface area contributed by atoms with Crippen LogP contribution in [0.15, 0.2) is 109 Å². The molecule has 0 aliphatic carbocycles. The largest absolute Gasteiger partial charge is 0.462 e. The molecule has 0 N–H and O–H groups in total. The van der Waals surface area contributed by atoms with Crippen molar-refractivity contribution in [1.82, 2.24) is 0 Å². The van der Waals surface area contributed by atoms with Crippen molar-refractivity contribution in [2.45, 2.75) is 245 Å². The number of carbonyl (C=O) groups is 3. The Labute approximate surface area is 412 Å². The second-order valence-corrected chi connectivity index (χ2v) is 17.7. The molecule has 380 valence electrons. The van der Waals surface area contributed by atoms with Crippen molar-refractivity contribution in [3.8, 4) is 0 Å². The van der Waals surface area contributed by atoms with Crippen molar-refractivity contribution in [2.75, 3.05) is 13.2 Å². The first-order valence-electron chi connectivity index (χ1n) is 27.4. The highest BCUT2D eigenvalue weighted by molar-refractivity contribution is 5.71. The number of allylic oxidation sites excluding steroid dienone is 18. The first kappa shape index (κ1) is 63.1. The van der Waals surface area contributed by atoms with Crippen LogP contribution in [-0.4, -0.2) is 37.2 Å². The van der Waals surface area contributed by atoms with Gasteiger partial charge in [-0.1, -0.05) is 207 Å². The molecule has 0 spiro atoms. The van der Waals surface area contributed by atoms with Crippen molar-refractivity contribution >= 4 is 17.9 Å². The van der Waals surface area contributed by atoms with E-state index < -0.39 is 6.10 Å². The van der Waals surface area contributed by atoms with Gasteiger partial charge in [0.25, 0.3) is 0 Å². The molecular weight excluding hydrogens is 829 g/mol. The van der Waals surface area contributed by atoms with Crippen molar-refractivity contribution in [2.24, 2.45) is 0 Å². The van der Waals surface area contributed by atoms with Crippen LogP contribution in [0.4, 0.5) is 0 Å². The van der Waals surface area contributed by atoms with E-state index in [0.717, 1.165) is 116 Å². The Morgan fingerprint density at radius 2 is 0.597 bits per heavy atom. The molecular formula is C61H100O6. The summed E-state index contributed by atoms with van der Waals surface area (Å²) in [5.74, 6) is -0.991. The summed E-state index contributed by atoms with van der Waals surface area (Å²) in [5.41, 5.74) is 0. The van der Waals surface area contributed by atoms with E-state index in [4.69, 9.17) is 14.2 Å². The number of ether oxygens (including phenoxy) is 3. The van der Waals surface area contributed by atoms with Crippen molar-refractivity contribution in [3.63, 3.8) is 0 Å². The summed E-state index contributed by atoms with van der Waals surface area (Å²) in [6.07, 6.45) is 73.6. The molecule has 0 aromatic carbocycles. The molecule has 0 saturated carbocycles. The van der Waals surface area contributed by atoms with Gasteiger partial charge in [0.2, 0.25) is 0 Å².